The summed E-state index contributed by atoms with van der Waals surface area (Å²) in [5, 5.41) is 8.70. The largest absolute Gasteiger partial charge is 0.481 e. The monoisotopic (exact) mass is 750 g/mol. The van der Waals surface area contributed by atoms with Gasteiger partial charge in [0.25, 0.3) is 0 Å². The number of amides is 4. The first-order valence-electron chi connectivity index (χ1n) is 17.8. The lowest BCUT2D eigenvalue weighted by Gasteiger charge is -2.36. The minimum Gasteiger partial charge on any atom is -0.481 e. The van der Waals surface area contributed by atoms with Gasteiger partial charge in [-0.1, -0.05) is 55.3 Å². The fourth-order valence-electron chi connectivity index (χ4n) is 6.98. The van der Waals surface area contributed by atoms with E-state index in [1.165, 1.54) is 25.4 Å². The Bertz CT molecular complexity index is 1770. The summed E-state index contributed by atoms with van der Waals surface area (Å²) in [7, 11) is -4.36. The number of imidazole rings is 1. The normalized spacial score (nSPS) is 19.9. The molecule has 16 heteroatoms. The van der Waals surface area contributed by atoms with Crippen LogP contribution in [0, 0.1) is 5.92 Å². The van der Waals surface area contributed by atoms with Crippen molar-refractivity contribution in [3.63, 3.8) is 0 Å². The number of benzene rings is 2. The number of Topliss-reactive ketones (excluding diaryl/α,β-unsaturated/α-hetero) is 1. The molecule has 3 heterocycles. The van der Waals surface area contributed by atoms with Crippen LogP contribution in [0.5, 0.6) is 5.75 Å². The maximum atomic E-state index is 14.2. The lowest BCUT2D eigenvalue weighted by Crippen LogP contribution is -2.59. The number of nitrogens with one attached hydrogen (secondary N) is 4. The zero-order chi connectivity index (χ0) is 38.0. The van der Waals surface area contributed by atoms with E-state index in [-0.39, 0.29) is 55.2 Å². The van der Waals surface area contributed by atoms with Crippen molar-refractivity contribution < 1.29 is 43.1 Å². The van der Waals surface area contributed by atoms with Gasteiger partial charge in [0, 0.05) is 43.2 Å². The first kappa shape index (κ1) is 39.4. The van der Waals surface area contributed by atoms with Crippen LogP contribution in [-0.4, -0.2) is 84.6 Å². The number of hydrogen-bond acceptors (Lipinski definition) is 8. The van der Waals surface area contributed by atoms with Crippen LogP contribution in [0.2, 0.25) is 0 Å². The molecule has 5 atom stereocenters. The maximum Gasteiger partial charge on any atom is 0.362 e. The van der Waals surface area contributed by atoms with Crippen LogP contribution in [0.4, 0.5) is 0 Å². The molecule has 53 heavy (non-hydrogen) atoms. The minimum absolute atomic E-state index is 0.0649. The average Bonchev–Trinajstić information content (AvgIpc) is 3.80. The van der Waals surface area contributed by atoms with Crippen molar-refractivity contribution in [3.8, 4) is 5.75 Å². The molecule has 3 aromatic rings. The van der Waals surface area contributed by atoms with Gasteiger partial charge in [-0.3, -0.25) is 23.7 Å². The first-order chi connectivity index (χ1) is 25.4. The molecule has 0 radical (unpaired) electrons. The molecule has 284 valence electrons. The highest BCUT2D eigenvalue weighted by Gasteiger charge is 2.45. The minimum atomic E-state index is -4.36. The van der Waals surface area contributed by atoms with Gasteiger partial charge in [0.2, 0.25) is 23.6 Å². The van der Waals surface area contributed by atoms with Crippen LogP contribution in [0.15, 0.2) is 67.1 Å². The summed E-state index contributed by atoms with van der Waals surface area (Å²) in [6.45, 7) is 1.66. The van der Waals surface area contributed by atoms with Gasteiger partial charge < -0.3 is 45.2 Å². The zero-order valence-electron chi connectivity index (χ0n) is 29.6. The molecular weight excluding hydrogens is 703 g/mol. The summed E-state index contributed by atoms with van der Waals surface area (Å²) in [4.78, 5) is 94.3. The summed E-state index contributed by atoms with van der Waals surface area (Å²) in [5.41, 5.74) is 2.25. The fraction of sp³-hybridized carbons (Fsp3) is 0.459. The highest BCUT2D eigenvalue weighted by Crippen LogP contribution is 2.35. The van der Waals surface area contributed by atoms with Gasteiger partial charge >= 0.3 is 7.60 Å². The Morgan fingerprint density at radius 2 is 1.70 bits per heavy atom. The van der Waals surface area contributed by atoms with Crippen LogP contribution < -0.4 is 20.7 Å². The molecule has 0 spiro atoms. The van der Waals surface area contributed by atoms with Crippen molar-refractivity contribution in [2.75, 3.05) is 6.35 Å². The Morgan fingerprint density at radius 1 is 0.962 bits per heavy atom. The molecule has 4 amide bonds. The smallest absolute Gasteiger partial charge is 0.362 e. The second-order valence-corrected chi connectivity index (χ2v) is 15.4. The predicted octanol–water partition coefficient (Wildman–Crippen LogP) is 2.52. The van der Waals surface area contributed by atoms with Crippen molar-refractivity contribution in [1.82, 2.24) is 30.8 Å². The van der Waals surface area contributed by atoms with Crippen LogP contribution in [0.25, 0.3) is 0 Å². The molecule has 0 aliphatic carbocycles. The molecule has 1 aromatic heterocycles. The van der Waals surface area contributed by atoms with E-state index in [0.29, 0.717) is 43.4 Å². The third-order valence-corrected chi connectivity index (χ3v) is 10.1. The summed E-state index contributed by atoms with van der Waals surface area (Å²) in [6, 6.07) is 12.9. The number of carbonyl (C=O) groups is 5. The summed E-state index contributed by atoms with van der Waals surface area (Å²) in [5.74, 6) is -2.42. The molecule has 6 N–H and O–H groups in total. The van der Waals surface area contributed by atoms with Gasteiger partial charge in [-0.15, -0.1) is 0 Å². The molecule has 2 aromatic carbocycles. The molecule has 2 aliphatic rings. The third kappa shape index (κ3) is 11.6. The molecule has 2 saturated heterocycles. The van der Waals surface area contributed by atoms with E-state index < -0.39 is 49.8 Å². The van der Waals surface area contributed by atoms with E-state index in [9.17, 15) is 28.5 Å². The zero-order valence-corrected chi connectivity index (χ0v) is 30.5. The summed E-state index contributed by atoms with van der Waals surface area (Å²) in [6.07, 6.45) is 6.17. The number of carbonyl (C=O) groups excluding carboxylic acids is 5. The topological polar surface area (TPSA) is 220 Å². The lowest BCUT2D eigenvalue weighted by molar-refractivity contribution is -0.145. The van der Waals surface area contributed by atoms with E-state index in [4.69, 9.17) is 14.5 Å². The number of fused-ring (bicyclic) bond motifs is 1. The van der Waals surface area contributed by atoms with E-state index in [2.05, 4.69) is 25.9 Å². The van der Waals surface area contributed by atoms with E-state index in [1.54, 1.807) is 23.2 Å². The Kier molecular flexibility index (Phi) is 13.6. The van der Waals surface area contributed by atoms with Crippen LogP contribution in [0.3, 0.4) is 0 Å². The van der Waals surface area contributed by atoms with Gasteiger partial charge in [-0.2, -0.15) is 0 Å². The Balaban J connectivity index is 1.26. The van der Waals surface area contributed by atoms with Crippen LogP contribution in [-0.2, 0) is 47.9 Å². The standard InChI is InChI=1S/C37H47N6O9P/c1-24(44)17-27(18-25-11-14-30(15-12-25)52-23-53(49,50)51)34(45)41-31-10-6-5-9-29-13-16-33(43(29)37(31)48)36(47)42-32(19-28-21-38-22-40-28)35(46)39-20-26-7-3-2-4-8-26/h2-4,7-8,11-12,14-15,21-22,27,29,31-33H,5-6,9-10,13,16-20,23H2,1H3,(H,38,40)(H,39,46)(H,41,45)(H,42,47)(H2,49,50,51)/t27-,29-,31?,32-,33-/m0/s1. The molecule has 0 saturated carbocycles. The molecule has 15 nitrogen and oxygen atoms in total. The van der Waals surface area contributed by atoms with Gasteiger partial charge in [0.05, 0.1) is 6.33 Å². The SMILES string of the molecule is CC(=O)C[C@@H](Cc1ccc(OCP(=O)(O)O)cc1)C(=O)NC1CCCC[C@H]2CC[C@@H](C(=O)N[C@@H](Cc3cnc[nH]3)C(=O)NCc3ccccc3)N2C1=O. The Hall–Kier alpha value is -4.85. The van der Waals surface area contributed by atoms with Crippen molar-refractivity contribution >= 4 is 37.0 Å². The predicted molar refractivity (Wildman–Crippen MR) is 193 cm³/mol. The van der Waals surface area contributed by atoms with Gasteiger partial charge in [0.1, 0.15) is 29.7 Å². The Morgan fingerprint density at radius 3 is 2.38 bits per heavy atom. The number of aromatic amines is 1. The number of hydrogen-bond donors (Lipinski definition) is 6. The average molecular weight is 751 g/mol. The Labute approximate surface area is 307 Å². The highest BCUT2D eigenvalue weighted by atomic mass is 31.2. The van der Waals surface area contributed by atoms with E-state index in [0.717, 1.165) is 12.0 Å². The summed E-state index contributed by atoms with van der Waals surface area (Å²) >= 11 is 0. The number of nitrogens with zero attached hydrogens (tertiary/aromatic N) is 2. The molecule has 1 unspecified atom stereocenters. The third-order valence-electron chi connectivity index (χ3n) is 9.59. The fourth-order valence-corrected chi connectivity index (χ4v) is 7.30. The number of ether oxygens (including phenoxy) is 1. The maximum absolute atomic E-state index is 14.2. The van der Waals surface area contributed by atoms with Gasteiger partial charge in [0.15, 0.2) is 6.35 Å². The number of ketones is 1. The molecule has 2 aliphatic heterocycles. The van der Waals surface area contributed by atoms with Gasteiger partial charge in [-0.25, -0.2) is 4.98 Å². The second kappa shape index (κ2) is 18.3. The van der Waals surface area contributed by atoms with E-state index >= 15 is 0 Å². The first-order valence-corrected chi connectivity index (χ1v) is 19.6. The second-order valence-electron chi connectivity index (χ2n) is 13.8. The van der Waals surface area contributed by atoms with Crippen LogP contribution >= 0.6 is 7.60 Å². The van der Waals surface area contributed by atoms with E-state index in [1.807, 2.05) is 30.3 Å². The molecular formula is C37H47N6O9P. The molecule has 5 rings (SSSR count). The van der Waals surface area contributed by atoms with Crippen molar-refractivity contribution in [2.45, 2.75) is 95.4 Å². The summed E-state index contributed by atoms with van der Waals surface area (Å²) < 4.78 is 16.3. The van der Waals surface area contributed by atoms with Gasteiger partial charge in [-0.05, 0) is 62.3 Å². The van der Waals surface area contributed by atoms with Crippen LogP contribution in [0.1, 0.15) is 68.7 Å². The quantitative estimate of drug-likeness (QED) is 0.118. The van der Waals surface area contributed by atoms with Crippen molar-refractivity contribution in [1.29, 1.82) is 0 Å². The van der Waals surface area contributed by atoms with Crippen molar-refractivity contribution in [2.24, 2.45) is 5.92 Å². The highest BCUT2D eigenvalue weighted by molar-refractivity contribution is 7.51. The van der Waals surface area contributed by atoms with Crippen molar-refractivity contribution in [3.05, 3.63) is 83.9 Å². The number of H-pyrrole nitrogens is 1. The lowest BCUT2D eigenvalue weighted by atomic mass is 9.92. The molecule has 0 bridgehead atoms. The molecule has 2 fully saturated rings. The number of aromatic nitrogens is 2. The number of rotatable bonds is 16.